The highest BCUT2D eigenvalue weighted by Gasteiger charge is 2.35. The lowest BCUT2D eigenvalue weighted by Crippen LogP contribution is -2.39. The highest BCUT2D eigenvalue weighted by molar-refractivity contribution is 7.92. The molecule has 0 radical (unpaired) electrons. The zero-order valence-electron chi connectivity index (χ0n) is 9.92. The topological polar surface area (TPSA) is 129 Å². The van der Waals surface area contributed by atoms with Gasteiger partial charge in [-0.3, -0.25) is 9.89 Å². The average molecular weight is 287 g/mol. The van der Waals surface area contributed by atoms with E-state index in [4.69, 9.17) is 5.11 Å². The van der Waals surface area contributed by atoms with Crippen LogP contribution in [0.25, 0.3) is 0 Å². The summed E-state index contributed by atoms with van der Waals surface area (Å²) in [5, 5.41) is 15.7. The van der Waals surface area contributed by atoms with Crippen molar-refractivity contribution in [3.63, 3.8) is 0 Å². The van der Waals surface area contributed by atoms with E-state index in [0.717, 1.165) is 6.07 Å². The van der Waals surface area contributed by atoms with E-state index in [2.05, 4.69) is 15.5 Å². The molecule has 9 heteroatoms. The molecule has 1 atom stereocenters. The molecule has 2 rings (SSSR count). The summed E-state index contributed by atoms with van der Waals surface area (Å²) >= 11 is 0. The number of nitrogens with one attached hydrogen (secondary N) is 2. The van der Waals surface area contributed by atoms with Crippen molar-refractivity contribution >= 4 is 27.5 Å². The van der Waals surface area contributed by atoms with Gasteiger partial charge in [-0.25, -0.2) is 13.2 Å². The highest BCUT2D eigenvalue weighted by atomic mass is 32.2. The molecule has 1 aromatic rings. The number of amides is 1. The largest absolute Gasteiger partial charge is 0.477 e. The molecule has 0 aromatic carbocycles. The Morgan fingerprint density at radius 3 is 2.74 bits per heavy atom. The zero-order chi connectivity index (χ0) is 14.0. The van der Waals surface area contributed by atoms with Crippen molar-refractivity contribution in [2.24, 2.45) is 0 Å². The standard InChI is InChI=1S/C10H13N3O5S/c14-9(7-3-1-2-4-19(7,17)18)11-8-5-6(10(15)16)12-13-8/h5,7H,1-4H2,(H,15,16)(H2,11,12,13,14). The molecule has 1 unspecified atom stereocenters. The minimum Gasteiger partial charge on any atom is -0.477 e. The molecule has 0 saturated carbocycles. The van der Waals surface area contributed by atoms with E-state index in [9.17, 15) is 18.0 Å². The maximum absolute atomic E-state index is 11.9. The van der Waals surface area contributed by atoms with Gasteiger partial charge in [-0.15, -0.1) is 0 Å². The molecule has 0 aliphatic carbocycles. The summed E-state index contributed by atoms with van der Waals surface area (Å²) in [5.74, 6) is -1.86. The molecule has 1 aromatic heterocycles. The number of hydrogen-bond acceptors (Lipinski definition) is 5. The van der Waals surface area contributed by atoms with Crippen LogP contribution in [0.2, 0.25) is 0 Å². The molecule has 2 heterocycles. The van der Waals surface area contributed by atoms with E-state index in [1.807, 2.05) is 0 Å². The minimum atomic E-state index is -3.42. The fourth-order valence-electron chi connectivity index (χ4n) is 1.95. The smallest absolute Gasteiger partial charge is 0.353 e. The van der Waals surface area contributed by atoms with Crippen molar-refractivity contribution in [1.82, 2.24) is 10.2 Å². The number of carboxylic acids is 1. The van der Waals surface area contributed by atoms with E-state index in [0.29, 0.717) is 12.8 Å². The summed E-state index contributed by atoms with van der Waals surface area (Å²) in [6.45, 7) is 0. The van der Waals surface area contributed by atoms with Crippen LogP contribution >= 0.6 is 0 Å². The third-order valence-electron chi connectivity index (χ3n) is 2.93. The molecule has 1 fully saturated rings. The summed E-state index contributed by atoms with van der Waals surface area (Å²) < 4.78 is 23.5. The van der Waals surface area contributed by atoms with E-state index in [-0.39, 0.29) is 23.7 Å². The van der Waals surface area contributed by atoms with Crippen molar-refractivity contribution < 1.29 is 23.1 Å². The maximum atomic E-state index is 11.9. The van der Waals surface area contributed by atoms with Gasteiger partial charge in [0, 0.05) is 6.07 Å². The van der Waals surface area contributed by atoms with Crippen molar-refractivity contribution in [2.75, 3.05) is 11.1 Å². The number of H-pyrrole nitrogens is 1. The molecular formula is C10H13N3O5S. The zero-order valence-corrected chi connectivity index (χ0v) is 10.7. The van der Waals surface area contributed by atoms with E-state index in [1.54, 1.807) is 0 Å². The van der Waals surface area contributed by atoms with Crippen molar-refractivity contribution in [1.29, 1.82) is 0 Å². The van der Waals surface area contributed by atoms with E-state index in [1.165, 1.54) is 0 Å². The Morgan fingerprint density at radius 2 is 2.16 bits per heavy atom. The number of sulfone groups is 1. The van der Waals surface area contributed by atoms with Crippen molar-refractivity contribution in [2.45, 2.75) is 24.5 Å². The quantitative estimate of drug-likeness (QED) is 0.718. The van der Waals surface area contributed by atoms with Gasteiger partial charge in [-0.2, -0.15) is 5.10 Å². The number of anilines is 1. The van der Waals surface area contributed by atoms with Crippen LogP contribution in [0.15, 0.2) is 6.07 Å². The van der Waals surface area contributed by atoms with Gasteiger partial charge < -0.3 is 10.4 Å². The highest BCUT2D eigenvalue weighted by Crippen LogP contribution is 2.20. The van der Waals surface area contributed by atoms with Crippen molar-refractivity contribution in [3.8, 4) is 0 Å². The molecule has 1 saturated heterocycles. The van der Waals surface area contributed by atoms with Crippen LogP contribution in [0.3, 0.4) is 0 Å². The van der Waals surface area contributed by atoms with Crippen LogP contribution in [0.4, 0.5) is 5.82 Å². The SMILES string of the molecule is O=C(O)c1cc(NC(=O)C2CCCCS2(=O)=O)n[nH]1. The van der Waals surface area contributed by atoms with E-state index >= 15 is 0 Å². The number of aromatic amines is 1. The number of hydrogen-bond donors (Lipinski definition) is 3. The van der Waals surface area contributed by atoms with Crippen molar-refractivity contribution in [3.05, 3.63) is 11.8 Å². The van der Waals surface area contributed by atoms with Gasteiger partial charge in [0.25, 0.3) is 0 Å². The van der Waals surface area contributed by atoms with Gasteiger partial charge in [-0.05, 0) is 12.8 Å². The summed E-state index contributed by atoms with van der Waals surface area (Å²) in [6, 6.07) is 1.13. The van der Waals surface area contributed by atoms with Crippen LogP contribution < -0.4 is 5.32 Å². The normalized spacial score (nSPS) is 21.8. The van der Waals surface area contributed by atoms with E-state index < -0.39 is 27.0 Å². The fraction of sp³-hybridized carbons (Fsp3) is 0.500. The fourth-order valence-corrected chi connectivity index (χ4v) is 3.75. The van der Waals surface area contributed by atoms with Gasteiger partial charge in [-0.1, -0.05) is 6.42 Å². The van der Waals surface area contributed by atoms with Gasteiger partial charge in [0.15, 0.2) is 15.7 Å². The molecule has 3 N–H and O–H groups in total. The predicted octanol–water partition coefficient (Wildman–Crippen LogP) is 0.0137. The number of aromatic nitrogens is 2. The number of nitrogens with zero attached hydrogens (tertiary/aromatic N) is 1. The first-order valence-electron chi connectivity index (χ1n) is 5.71. The monoisotopic (exact) mass is 287 g/mol. The molecule has 0 bridgehead atoms. The lowest BCUT2D eigenvalue weighted by molar-refractivity contribution is -0.116. The number of carboxylic acid groups (broad SMARTS) is 1. The lowest BCUT2D eigenvalue weighted by Gasteiger charge is -2.20. The first-order valence-corrected chi connectivity index (χ1v) is 7.43. The second-order valence-corrected chi connectivity index (χ2v) is 6.62. The third-order valence-corrected chi connectivity index (χ3v) is 5.11. The number of rotatable bonds is 3. The second-order valence-electron chi connectivity index (χ2n) is 4.31. The van der Waals surface area contributed by atoms with Crippen LogP contribution in [0, 0.1) is 0 Å². The van der Waals surface area contributed by atoms with Crippen LogP contribution in [-0.4, -0.2) is 46.6 Å². The summed E-state index contributed by atoms with van der Waals surface area (Å²) in [6.07, 6.45) is 1.53. The maximum Gasteiger partial charge on any atom is 0.353 e. The Morgan fingerprint density at radius 1 is 1.42 bits per heavy atom. The number of carbonyl (C=O) groups excluding carboxylic acids is 1. The Labute approximate surface area is 109 Å². The molecular weight excluding hydrogens is 274 g/mol. The van der Waals surface area contributed by atoms with Gasteiger partial charge in [0.2, 0.25) is 5.91 Å². The Balaban J connectivity index is 2.09. The van der Waals surface area contributed by atoms with Crippen LogP contribution in [0.5, 0.6) is 0 Å². The van der Waals surface area contributed by atoms with Gasteiger partial charge >= 0.3 is 5.97 Å². The molecule has 0 spiro atoms. The Bertz CT molecular complexity index is 606. The number of carbonyl (C=O) groups is 2. The Kier molecular flexibility index (Phi) is 3.56. The molecule has 104 valence electrons. The van der Waals surface area contributed by atoms with Crippen LogP contribution in [-0.2, 0) is 14.6 Å². The molecule has 1 amide bonds. The summed E-state index contributed by atoms with van der Waals surface area (Å²) in [5.41, 5.74) is -0.179. The molecule has 1 aliphatic heterocycles. The molecule has 8 nitrogen and oxygen atoms in total. The molecule has 19 heavy (non-hydrogen) atoms. The first kappa shape index (κ1) is 13.5. The predicted molar refractivity (Wildman–Crippen MR) is 65.6 cm³/mol. The third kappa shape index (κ3) is 2.92. The summed E-state index contributed by atoms with van der Waals surface area (Å²) in [7, 11) is -3.42. The van der Waals surface area contributed by atoms with Gasteiger partial charge in [0.1, 0.15) is 10.9 Å². The second kappa shape index (κ2) is 5.00. The molecule has 1 aliphatic rings. The Hall–Kier alpha value is -1.90. The number of aromatic carboxylic acids is 1. The minimum absolute atomic E-state index is 0.00294. The summed E-state index contributed by atoms with van der Waals surface area (Å²) in [4.78, 5) is 22.5. The average Bonchev–Trinajstić information content (AvgIpc) is 2.76. The van der Waals surface area contributed by atoms with Crippen LogP contribution in [0.1, 0.15) is 29.8 Å². The van der Waals surface area contributed by atoms with Gasteiger partial charge in [0.05, 0.1) is 5.75 Å². The first-order chi connectivity index (χ1) is 8.90. The lowest BCUT2D eigenvalue weighted by atomic mass is 10.2.